The summed E-state index contributed by atoms with van der Waals surface area (Å²) in [6.07, 6.45) is 6.64. The molecule has 1 amide bonds. The van der Waals surface area contributed by atoms with Gasteiger partial charge in [-0.05, 0) is 59.2 Å². The minimum atomic E-state index is -0.284. The summed E-state index contributed by atoms with van der Waals surface area (Å²) < 4.78 is 5.13. The topological polar surface area (TPSA) is 66.3 Å². The van der Waals surface area contributed by atoms with Gasteiger partial charge >= 0.3 is 0 Å². The van der Waals surface area contributed by atoms with Crippen molar-refractivity contribution in [3.63, 3.8) is 0 Å². The molecule has 5 rings (SSSR count). The van der Waals surface area contributed by atoms with Crippen LogP contribution < -0.4 is 15.2 Å². The first-order valence-corrected chi connectivity index (χ1v) is 12.4. The van der Waals surface area contributed by atoms with E-state index in [0.29, 0.717) is 11.3 Å². The number of nitrogens with one attached hydrogen (secondary N) is 1. The number of hydrogen-bond donors (Lipinski definition) is 1. The molecular weight excluding hydrogens is 472 g/mol. The Hall–Kier alpha value is -4.97. The zero-order chi connectivity index (χ0) is 26.2. The first kappa shape index (κ1) is 24.7. The molecule has 6 heteroatoms. The summed E-state index contributed by atoms with van der Waals surface area (Å²) in [7, 11) is 1.59. The fourth-order valence-corrected chi connectivity index (χ4v) is 4.25. The number of ether oxygens (including phenoxy) is 1. The predicted octanol–water partition coefficient (Wildman–Crippen LogP) is 6.48. The number of nitrogens with zero attached hydrogens (tertiary/aromatic N) is 3. The van der Waals surface area contributed by atoms with Gasteiger partial charge in [0.15, 0.2) is 0 Å². The molecule has 1 aliphatic heterocycles. The van der Waals surface area contributed by atoms with Crippen molar-refractivity contribution in [3.8, 4) is 5.75 Å². The highest BCUT2D eigenvalue weighted by molar-refractivity contribution is 6.01. The van der Waals surface area contributed by atoms with Crippen molar-refractivity contribution in [1.82, 2.24) is 5.43 Å². The van der Waals surface area contributed by atoms with Gasteiger partial charge in [0.25, 0.3) is 5.91 Å². The maximum Gasteiger partial charge on any atom is 0.271 e. The predicted molar refractivity (Wildman–Crippen MR) is 154 cm³/mol. The van der Waals surface area contributed by atoms with Crippen LogP contribution >= 0.6 is 0 Å². The highest BCUT2D eigenvalue weighted by atomic mass is 16.5. The average Bonchev–Trinajstić information content (AvgIpc) is 3.42. The fourth-order valence-electron chi connectivity index (χ4n) is 4.25. The van der Waals surface area contributed by atoms with E-state index in [0.717, 1.165) is 28.9 Å². The largest absolute Gasteiger partial charge is 0.497 e. The molecule has 1 atom stereocenters. The Bertz CT molecular complexity index is 1450. The summed E-state index contributed by atoms with van der Waals surface area (Å²) in [4.78, 5) is 12.3. The lowest BCUT2D eigenvalue weighted by atomic mass is 10.0. The number of hydrazone groups is 2. The standard InChI is InChI=1S/C32H28N4O2/c1-38-30-20-15-27(16-21-30)32(37)34-33-23-25-13-18-29(19-14-25)36-31(26-10-6-3-7-11-26)22-28(35-36)17-12-24-8-4-2-5-9-24/h2-21,23,31H,22H2,1H3,(H,34,37)/b17-12+,33-23+. The van der Waals surface area contributed by atoms with E-state index >= 15 is 0 Å². The Labute approximate surface area is 222 Å². The molecule has 0 aliphatic carbocycles. The Morgan fingerprint density at radius 2 is 1.55 bits per heavy atom. The third kappa shape index (κ3) is 6.05. The molecule has 4 aromatic carbocycles. The second kappa shape index (κ2) is 11.8. The second-order valence-corrected chi connectivity index (χ2v) is 8.83. The fraction of sp³-hybridized carbons (Fsp3) is 0.0938. The SMILES string of the molecule is COc1ccc(C(=O)N/N=C/c2ccc(N3N=C(/C=C/c4ccccc4)CC3c3ccccc3)cc2)cc1. The van der Waals surface area contributed by atoms with Crippen LogP contribution in [0, 0.1) is 0 Å². The monoisotopic (exact) mass is 500 g/mol. The quantitative estimate of drug-likeness (QED) is 0.222. The third-order valence-corrected chi connectivity index (χ3v) is 6.28. The lowest BCUT2D eigenvalue weighted by Gasteiger charge is -2.24. The van der Waals surface area contributed by atoms with Crippen LogP contribution in [0.15, 0.2) is 125 Å². The average molecular weight is 501 g/mol. The van der Waals surface area contributed by atoms with Crippen molar-refractivity contribution in [3.05, 3.63) is 138 Å². The van der Waals surface area contributed by atoms with Crippen LogP contribution in [0.2, 0.25) is 0 Å². The summed E-state index contributed by atoms with van der Waals surface area (Å²) in [6.45, 7) is 0. The number of amides is 1. The summed E-state index contributed by atoms with van der Waals surface area (Å²) in [6, 6.07) is 35.6. The Balaban J connectivity index is 1.29. The van der Waals surface area contributed by atoms with E-state index < -0.39 is 0 Å². The van der Waals surface area contributed by atoms with E-state index in [-0.39, 0.29) is 11.9 Å². The number of rotatable bonds is 8. The number of methoxy groups -OCH3 is 1. The van der Waals surface area contributed by atoms with Crippen LogP contribution in [0.5, 0.6) is 5.75 Å². The summed E-state index contributed by atoms with van der Waals surface area (Å²) >= 11 is 0. The maximum absolute atomic E-state index is 12.3. The number of carbonyl (C=O) groups is 1. The molecule has 1 N–H and O–H groups in total. The van der Waals surface area contributed by atoms with Gasteiger partial charge in [-0.15, -0.1) is 0 Å². The van der Waals surface area contributed by atoms with Gasteiger partial charge in [-0.25, -0.2) is 5.43 Å². The van der Waals surface area contributed by atoms with Crippen molar-refractivity contribution in [1.29, 1.82) is 0 Å². The van der Waals surface area contributed by atoms with Crippen LogP contribution in [-0.2, 0) is 0 Å². The van der Waals surface area contributed by atoms with Crippen molar-refractivity contribution >= 4 is 29.6 Å². The van der Waals surface area contributed by atoms with Gasteiger partial charge in [-0.3, -0.25) is 9.80 Å². The lowest BCUT2D eigenvalue weighted by Crippen LogP contribution is -2.18. The molecule has 1 unspecified atom stereocenters. The molecule has 0 fully saturated rings. The molecule has 6 nitrogen and oxygen atoms in total. The van der Waals surface area contributed by atoms with Gasteiger partial charge in [0.1, 0.15) is 5.75 Å². The van der Waals surface area contributed by atoms with Crippen LogP contribution in [-0.4, -0.2) is 24.9 Å². The molecule has 4 aromatic rings. The molecule has 0 radical (unpaired) electrons. The zero-order valence-electron chi connectivity index (χ0n) is 21.1. The van der Waals surface area contributed by atoms with Crippen LogP contribution in [0.3, 0.4) is 0 Å². The van der Waals surface area contributed by atoms with Gasteiger partial charge in [0.05, 0.1) is 30.8 Å². The number of hydrogen-bond acceptors (Lipinski definition) is 5. The Kier molecular flexibility index (Phi) is 7.70. The minimum Gasteiger partial charge on any atom is -0.497 e. The number of anilines is 1. The highest BCUT2D eigenvalue weighted by Crippen LogP contribution is 2.35. The molecule has 0 spiro atoms. The molecule has 0 saturated carbocycles. The number of benzene rings is 4. The maximum atomic E-state index is 12.3. The highest BCUT2D eigenvalue weighted by Gasteiger charge is 2.28. The molecule has 1 heterocycles. The number of carbonyl (C=O) groups excluding carboxylic acids is 1. The van der Waals surface area contributed by atoms with Crippen LogP contribution in [0.1, 0.15) is 39.5 Å². The lowest BCUT2D eigenvalue weighted by molar-refractivity contribution is 0.0955. The van der Waals surface area contributed by atoms with E-state index in [4.69, 9.17) is 9.84 Å². The van der Waals surface area contributed by atoms with Crippen LogP contribution in [0.4, 0.5) is 5.69 Å². The van der Waals surface area contributed by atoms with E-state index in [1.807, 2.05) is 48.5 Å². The molecule has 0 aromatic heterocycles. The van der Waals surface area contributed by atoms with E-state index in [2.05, 4.69) is 64.1 Å². The summed E-state index contributed by atoms with van der Waals surface area (Å²) in [5, 5.41) is 11.1. The van der Waals surface area contributed by atoms with Crippen molar-refractivity contribution in [2.75, 3.05) is 12.1 Å². The third-order valence-electron chi connectivity index (χ3n) is 6.28. The molecular formula is C32H28N4O2. The van der Waals surface area contributed by atoms with Crippen molar-refractivity contribution in [2.45, 2.75) is 12.5 Å². The number of allylic oxidation sites excluding steroid dienone is 1. The van der Waals surface area contributed by atoms with Crippen molar-refractivity contribution < 1.29 is 9.53 Å². The van der Waals surface area contributed by atoms with E-state index in [1.54, 1.807) is 37.6 Å². The van der Waals surface area contributed by atoms with Gasteiger partial charge < -0.3 is 4.74 Å². The Morgan fingerprint density at radius 3 is 2.24 bits per heavy atom. The molecule has 38 heavy (non-hydrogen) atoms. The van der Waals surface area contributed by atoms with E-state index in [9.17, 15) is 4.79 Å². The molecule has 1 aliphatic rings. The van der Waals surface area contributed by atoms with Gasteiger partial charge in [0.2, 0.25) is 0 Å². The molecule has 0 bridgehead atoms. The summed E-state index contributed by atoms with van der Waals surface area (Å²) in [5.74, 6) is 0.412. The van der Waals surface area contributed by atoms with Crippen molar-refractivity contribution in [2.24, 2.45) is 10.2 Å². The molecule has 0 saturated heterocycles. The first-order chi connectivity index (χ1) is 18.7. The smallest absolute Gasteiger partial charge is 0.271 e. The normalized spacial score (nSPS) is 15.1. The minimum absolute atomic E-state index is 0.106. The van der Waals surface area contributed by atoms with Gasteiger partial charge in [-0.2, -0.15) is 10.2 Å². The first-order valence-electron chi connectivity index (χ1n) is 12.4. The van der Waals surface area contributed by atoms with Gasteiger partial charge in [0, 0.05) is 12.0 Å². The Morgan fingerprint density at radius 1 is 0.868 bits per heavy atom. The van der Waals surface area contributed by atoms with Crippen LogP contribution in [0.25, 0.3) is 6.08 Å². The summed E-state index contributed by atoms with van der Waals surface area (Å²) in [5.41, 5.74) is 8.31. The van der Waals surface area contributed by atoms with Gasteiger partial charge in [-0.1, -0.05) is 78.9 Å². The molecule has 188 valence electrons. The zero-order valence-corrected chi connectivity index (χ0v) is 21.1. The second-order valence-electron chi connectivity index (χ2n) is 8.83. The van der Waals surface area contributed by atoms with E-state index in [1.165, 1.54) is 5.56 Å².